The molecular formula is C22H19N7O2S. The van der Waals surface area contributed by atoms with Gasteiger partial charge in [0.25, 0.3) is 0 Å². The summed E-state index contributed by atoms with van der Waals surface area (Å²) in [5.41, 5.74) is 15.7. The highest BCUT2D eigenvalue weighted by atomic mass is 32.1. The van der Waals surface area contributed by atoms with E-state index in [1.54, 1.807) is 17.5 Å². The topological polar surface area (TPSA) is 156 Å². The van der Waals surface area contributed by atoms with E-state index in [1.165, 1.54) is 6.20 Å². The first kappa shape index (κ1) is 19.9. The maximum atomic E-state index is 11.2. The van der Waals surface area contributed by atoms with Gasteiger partial charge in [0.15, 0.2) is 0 Å². The number of nitrogens with zero attached hydrogens (tertiary/aromatic N) is 3. The van der Waals surface area contributed by atoms with E-state index in [9.17, 15) is 9.90 Å². The van der Waals surface area contributed by atoms with Gasteiger partial charge in [-0.05, 0) is 41.3 Å². The smallest absolute Gasteiger partial charge is 0.308 e. The molecule has 0 bridgehead atoms. The number of carboxylic acids is 1. The molecule has 0 saturated carbocycles. The van der Waals surface area contributed by atoms with Gasteiger partial charge in [-0.2, -0.15) is 10.1 Å². The molecule has 5 rings (SSSR count). The number of aliphatic carboxylic acids is 1. The van der Waals surface area contributed by atoms with Gasteiger partial charge in [0.1, 0.15) is 5.82 Å². The third kappa shape index (κ3) is 3.72. The van der Waals surface area contributed by atoms with E-state index in [0.717, 1.165) is 42.7 Å². The van der Waals surface area contributed by atoms with Crippen molar-refractivity contribution in [2.75, 3.05) is 11.1 Å². The summed E-state index contributed by atoms with van der Waals surface area (Å²) in [7, 11) is 0. The van der Waals surface area contributed by atoms with Gasteiger partial charge in [-0.25, -0.2) is 4.98 Å². The number of nitrogen functional groups attached to an aromatic ring is 1. The van der Waals surface area contributed by atoms with Gasteiger partial charge in [-0.15, -0.1) is 11.3 Å². The van der Waals surface area contributed by atoms with Crippen molar-refractivity contribution < 1.29 is 9.90 Å². The molecule has 10 heteroatoms. The zero-order valence-corrected chi connectivity index (χ0v) is 17.6. The van der Waals surface area contributed by atoms with Crippen molar-refractivity contribution in [3.63, 3.8) is 0 Å². The number of thiophene rings is 1. The summed E-state index contributed by atoms with van der Waals surface area (Å²) < 4.78 is 1.16. The lowest BCUT2D eigenvalue weighted by Gasteiger charge is -2.12. The molecule has 9 nitrogen and oxygen atoms in total. The van der Waals surface area contributed by atoms with Crippen LogP contribution in [0.25, 0.3) is 31.4 Å². The number of rotatable bonds is 6. The van der Waals surface area contributed by atoms with Crippen LogP contribution in [0.5, 0.6) is 0 Å². The second-order valence-corrected chi connectivity index (χ2v) is 8.43. The van der Waals surface area contributed by atoms with Crippen LogP contribution in [0.1, 0.15) is 11.1 Å². The van der Waals surface area contributed by atoms with Crippen LogP contribution in [0.3, 0.4) is 0 Å². The summed E-state index contributed by atoms with van der Waals surface area (Å²) in [6.07, 6.45) is 2.96. The van der Waals surface area contributed by atoms with E-state index in [4.69, 9.17) is 11.5 Å². The van der Waals surface area contributed by atoms with Gasteiger partial charge in [0.05, 0.1) is 18.1 Å². The second-order valence-electron chi connectivity index (χ2n) is 7.34. The van der Waals surface area contributed by atoms with Gasteiger partial charge in [0, 0.05) is 44.5 Å². The Morgan fingerprint density at radius 3 is 2.84 bits per heavy atom. The summed E-state index contributed by atoms with van der Waals surface area (Å²) in [4.78, 5) is 20.4. The predicted molar refractivity (Wildman–Crippen MR) is 126 cm³/mol. The number of hydrogen-bond donors (Lipinski definition) is 5. The van der Waals surface area contributed by atoms with Crippen molar-refractivity contribution in [3.05, 3.63) is 59.9 Å². The number of nitrogens with one attached hydrogen (secondary N) is 2. The van der Waals surface area contributed by atoms with Crippen molar-refractivity contribution in [1.82, 2.24) is 20.2 Å². The number of fused-ring (bicyclic) bond motifs is 2. The minimum absolute atomic E-state index is 0.0615. The number of hydrogen-bond acceptors (Lipinski definition) is 8. The van der Waals surface area contributed by atoms with E-state index >= 15 is 0 Å². The predicted octanol–water partition coefficient (Wildman–Crippen LogP) is 3.65. The van der Waals surface area contributed by atoms with Crippen LogP contribution in [0.15, 0.2) is 48.8 Å². The zero-order valence-electron chi connectivity index (χ0n) is 16.8. The maximum Gasteiger partial charge on any atom is 0.308 e. The minimum Gasteiger partial charge on any atom is -0.481 e. The van der Waals surface area contributed by atoms with E-state index < -0.39 is 5.97 Å². The van der Waals surface area contributed by atoms with Crippen molar-refractivity contribution >= 4 is 55.7 Å². The molecule has 0 atom stereocenters. The lowest BCUT2D eigenvalue weighted by atomic mass is 10.1. The average molecular weight is 446 g/mol. The Morgan fingerprint density at radius 1 is 1.16 bits per heavy atom. The molecule has 0 saturated heterocycles. The Kier molecular flexibility index (Phi) is 4.92. The first-order valence-electron chi connectivity index (χ1n) is 9.80. The standard InChI is InChI=1S/C22H19N7O2S/c23-8-11-1-2-17-12(3-11)5-18(32-17)16-7-15(4-13-10-26-29-20(13)16)27-21-14(6-19(30)31)9-25-22(24)28-21/h1-5,7,9-10H,6,8,23H2,(H,26,29)(H,30,31)(H3,24,25,27,28). The molecule has 0 aliphatic heterocycles. The van der Waals surface area contributed by atoms with Gasteiger partial charge in [-0.1, -0.05) is 6.07 Å². The molecule has 5 aromatic rings. The molecule has 0 unspecified atom stereocenters. The monoisotopic (exact) mass is 445 g/mol. The average Bonchev–Trinajstić information content (AvgIpc) is 3.41. The Hall–Kier alpha value is -4.02. The number of anilines is 3. The van der Waals surface area contributed by atoms with Gasteiger partial charge < -0.3 is 21.9 Å². The molecule has 32 heavy (non-hydrogen) atoms. The van der Waals surface area contributed by atoms with Crippen molar-refractivity contribution in [3.8, 4) is 10.4 Å². The number of carbonyl (C=O) groups is 1. The fraction of sp³-hybridized carbons (Fsp3) is 0.0909. The number of nitrogens with two attached hydrogens (primary N) is 2. The molecular weight excluding hydrogens is 426 g/mol. The molecule has 0 radical (unpaired) electrons. The molecule has 3 aromatic heterocycles. The van der Waals surface area contributed by atoms with Gasteiger partial charge in [0.2, 0.25) is 5.95 Å². The van der Waals surface area contributed by atoms with Crippen molar-refractivity contribution in [2.45, 2.75) is 13.0 Å². The van der Waals surface area contributed by atoms with Crippen LogP contribution in [0.2, 0.25) is 0 Å². The molecule has 2 aromatic carbocycles. The highest BCUT2D eigenvalue weighted by Gasteiger charge is 2.15. The molecule has 0 aliphatic carbocycles. The van der Waals surface area contributed by atoms with Crippen LogP contribution in [0.4, 0.5) is 17.5 Å². The lowest BCUT2D eigenvalue weighted by Crippen LogP contribution is -2.08. The Balaban J connectivity index is 1.61. The summed E-state index contributed by atoms with van der Waals surface area (Å²) in [5.74, 6) is -0.557. The number of benzene rings is 2. The maximum absolute atomic E-state index is 11.2. The van der Waals surface area contributed by atoms with Crippen molar-refractivity contribution in [1.29, 1.82) is 0 Å². The minimum atomic E-state index is -0.977. The largest absolute Gasteiger partial charge is 0.481 e. The fourth-order valence-corrected chi connectivity index (χ4v) is 4.70. The lowest BCUT2D eigenvalue weighted by molar-refractivity contribution is -0.136. The quantitative estimate of drug-likeness (QED) is 0.265. The SMILES string of the molecule is NCc1ccc2sc(-c3cc(Nc4nc(N)ncc4CC(=O)O)cc4cn[nH]c34)cc2c1. The first-order chi connectivity index (χ1) is 15.5. The first-order valence-corrected chi connectivity index (χ1v) is 10.6. The number of aromatic nitrogens is 4. The molecule has 0 amide bonds. The third-order valence-corrected chi connectivity index (χ3v) is 6.27. The van der Waals surface area contributed by atoms with E-state index in [1.807, 2.05) is 18.2 Å². The van der Waals surface area contributed by atoms with Gasteiger partial charge >= 0.3 is 5.97 Å². The Labute approximate surface area is 186 Å². The molecule has 3 heterocycles. The van der Waals surface area contributed by atoms with Crippen LogP contribution in [0, 0.1) is 0 Å². The highest BCUT2D eigenvalue weighted by molar-refractivity contribution is 7.22. The fourth-order valence-electron chi connectivity index (χ4n) is 3.63. The summed E-state index contributed by atoms with van der Waals surface area (Å²) in [5, 5.41) is 21.7. The van der Waals surface area contributed by atoms with E-state index in [2.05, 4.69) is 43.7 Å². The number of H-pyrrole nitrogens is 1. The molecule has 160 valence electrons. The van der Waals surface area contributed by atoms with Gasteiger partial charge in [-0.3, -0.25) is 9.89 Å². The van der Waals surface area contributed by atoms with E-state index in [0.29, 0.717) is 17.9 Å². The Morgan fingerprint density at radius 2 is 2.03 bits per heavy atom. The molecule has 0 fully saturated rings. The van der Waals surface area contributed by atoms with Crippen LogP contribution in [-0.2, 0) is 17.8 Å². The second kappa shape index (κ2) is 7.91. The van der Waals surface area contributed by atoms with Crippen LogP contribution in [-0.4, -0.2) is 31.2 Å². The molecule has 7 N–H and O–H groups in total. The van der Waals surface area contributed by atoms with E-state index in [-0.39, 0.29) is 12.4 Å². The number of carboxylic acid groups (broad SMARTS) is 1. The molecule has 0 aliphatic rings. The highest BCUT2D eigenvalue weighted by Crippen LogP contribution is 2.39. The summed E-state index contributed by atoms with van der Waals surface area (Å²) in [6, 6.07) is 12.3. The molecule has 0 spiro atoms. The number of aromatic amines is 1. The summed E-state index contributed by atoms with van der Waals surface area (Å²) in [6.45, 7) is 0.492. The van der Waals surface area contributed by atoms with Crippen molar-refractivity contribution in [2.24, 2.45) is 5.73 Å². The Bertz CT molecular complexity index is 1470. The third-order valence-electron chi connectivity index (χ3n) is 5.12. The van der Waals surface area contributed by atoms with Crippen LogP contribution >= 0.6 is 11.3 Å². The van der Waals surface area contributed by atoms with Crippen LogP contribution < -0.4 is 16.8 Å². The normalized spacial score (nSPS) is 11.3. The summed E-state index contributed by atoms with van der Waals surface area (Å²) >= 11 is 1.68. The zero-order chi connectivity index (χ0) is 22.2.